The Morgan fingerprint density at radius 3 is 2.06 bits per heavy atom. The third-order valence-electron chi connectivity index (χ3n) is 8.07. The number of halogens is 2. The lowest BCUT2D eigenvalue weighted by Gasteiger charge is -2.28. The van der Waals surface area contributed by atoms with Gasteiger partial charge in [0.2, 0.25) is 0 Å². The molecular weight excluding hydrogens is 704 g/mol. The van der Waals surface area contributed by atoms with Gasteiger partial charge in [0.05, 0.1) is 22.3 Å². The second-order valence-electron chi connectivity index (χ2n) is 12.0. The Balaban J connectivity index is 1.47. The van der Waals surface area contributed by atoms with Crippen LogP contribution in [0.4, 0.5) is 4.39 Å². The summed E-state index contributed by atoms with van der Waals surface area (Å²) in [6.07, 6.45) is 0. The highest BCUT2D eigenvalue weighted by Gasteiger charge is 2.32. The van der Waals surface area contributed by atoms with Gasteiger partial charge in [-0.15, -0.1) is 0 Å². The summed E-state index contributed by atoms with van der Waals surface area (Å²) in [5, 5.41) is 0.969. The first kappa shape index (κ1) is 32.5. The van der Waals surface area contributed by atoms with Crippen molar-refractivity contribution in [3.63, 3.8) is 0 Å². The van der Waals surface area contributed by atoms with Crippen LogP contribution in [0, 0.1) is 5.82 Å². The van der Waals surface area contributed by atoms with Crippen LogP contribution in [0.15, 0.2) is 127 Å². The molecule has 0 atom stereocenters. The second kappa shape index (κ2) is 14.5. The molecule has 47 heavy (non-hydrogen) atoms. The zero-order valence-electron chi connectivity index (χ0n) is 26.3. The highest BCUT2D eigenvalue weighted by Crippen LogP contribution is 2.44. The average molecular weight is 740 g/mol. The van der Waals surface area contributed by atoms with Gasteiger partial charge in [-0.25, -0.2) is 9.18 Å². The Kier molecular flexibility index (Phi) is 10.0. The largest absolute Gasteiger partial charge is 0.489 e. The third-order valence-corrected chi connectivity index (χ3v) is 8.52. The summed E-state index contributed by atoms with van der Waals surface area (Å²) in [5.41, 5.74) is 6.69. The molecule has 0 fully saturated rings. The SMILES string of the molecule is CC(C)(COCI)c1c(-c2ccc(C(=O)OCc3ccccc3)cc2)c2cc(OCc3ccccc3)ccc2n1-c1ccc(F)cc1. The molecule has 0 saturated heterocycles. The first-order valence-corrected chi connectivity index (χ1v) is 16.9. The lowest BCUT2D eigenvalue weighted by Crippen LogP contribution is -2.28. The van der Waals surface area contributed by atoms with E-state index >= 15 is 0 Å². The molecule has 0 aliphatic rings. The summed E-state index contributed by atoms with van der Waals surface area (Å²) in [7, 11) is 0. The Bertz CT molecular complexity index is 1950. The zero-order chi connectivity index (χ0) is 32.8. The second-order valence-corrected chi connectivity index (χ2v) is 12.6. The van der Waals surface area contributed by atoms with E-state index in [-0.39, 0.29) is 18.4 Å². The molecule has 0 spiro atoms. The fraction of sp³-hybridized carbons (Fsp3) is 0.175. The number of ether oxygens (including phenoxy) is 3. The smallest absolute Gasteiger partial charge is 0.338 e. The number of carbonyl (C=O) groups excluding carboxylic acids is 1. The topological polar surface area (TPSA) is 49.7 Å². The maximum atomic E-state index is 14.1. The first-order valence-electron chi connectivity index (χ1n) is 15.4. The minimum Gasteiger partial charge on any atom is -0.489 e. The number of rotatable bonds is 12. The van der Waals surface area contributed by atoms with Gasteiger partial charge in [-0.1, -0.05) is 109 Å². The molecular formula is C40H35FINO4. The monoisotopic (exact) mass is 739 g/mol. The van der Waals surface area contributed by atoms with E-state index in [1.807, 2.05) is 78.9 Å². The predicted octanol–water partition coefficient (Wildman–Crippen LogP) is 10.1. The van der Waals surface area contributed by atoms with Crippen molar-refractivity contribution in [2.45, 2.75) is 32.5 Å². The van der Waals surface area contributed by atoms with Crippen LogP contribution in [0.5, 0.6) is 5.75 Å². The van der Waals surface area contributed by atoms with Gasteiger partial charge in [-0.3, -0.25) is 0 Å². The van der Waals surface area contributed by atoms with E-state index in [0.29, 0.717) is 23.4 Å². The van der Waals surface area contributed by atoms with Crippen molar-refractivity contribution < 1.29 is 23.4 Å². The van der Waals surface area contributed by atoms with E-state index < -0.39 is 5.41 Å². The van der Waals surface area contributed by atoms with Gasteiger partial charge < -0.3 is 18.8 Å². The Labute approximate surface area is 288 Å². The molecule has 5 nitrogen and oxygen atoms in total. The summed E-state index contributed by atoms with van der Waals surface area (Å²) >= 11 is 2.21. The van der Waals surface area contributed by atoms with Gasteiger partial charge in [0.1, 0.15) is 24.8 Å². The van der Waals surface area contributed by atoms with Crippen LogP contribution >= 0.6 is 22.6 Å². The number of fused-ring (bicyclic) bond motifs is 1. The van der Waals surface area contributed by atoms with Crippen LogP contribution in [0.3, 0.4) is 0 Å². The maximum absolute atomic E-state index is 14.1. The van der Waals surface area contributed by atoms with Crippen molar-refractivity contribution >= 4 is 39.5 Å². The van der Waals surface area contributed by atoms with Crippen molar-refractivity contribution in [1.82, 2.24) is 4.57 Å². The number of esters is 1. The minimum atomic E-state index is -0.466. The highest BCUT2D eigenvalue weighted by atomic mass is 127. The summed E-state index contributed by atoms with van der Waals surface area (Å²) < 4.78 is 34.7. The molecule has 0 bridgehead atoms. The highest BCUT2D eigenvalue weighted by molar-refractivity contribution is 14.1. The summed E-state index contributed by atoms with van der Waals surface area (Å²) in [6, 6.07) is 39.8. The van der Waals surface area contributed by atoms with Crippen LogP contribution < -0.4 is 4.74 Å². The van der Waals surface area contributed by atoms with Crippen molar-refractivity contribution in [3.8, 4) is 22.6 Å². The van der Waals surface area contributed by atoms with Crippen LogP contribution in [0.2, 0.25) is 0 Å². The maximum Gasteiger partial charge on any atom is 0.338 e. The van der Waals surface area contributed by atoms with Gasteiger partial charge in [-0.05, 0) is 71.3 Å². The zero-order valence-corrected chi connectivity index (χ0v) is 28.4. The quantitative estimate of drug-likeness (QED) is 0.0713. The summed E-state index contributed by atoms with van der Waals surface area (Å²) in [4.78, 5) is 13.0. The normalized spacial score (nSPS) is 11.5. The molecule has 6 aromatic rings. The average Bonchev–Trinajstić information content (AvgIpc) is 3.45. The number of carbonyl (C=O) groups is 1. The van der Waals surface area contributed by atoms with Crippen LogP contribution in [-0.2, 0) is 28.1 Å². The lowest BCUT2D eigenvalue weighted by molar-refractivity contribution is 0.0472. The third kappa shape index (κ3) is 7.42. The number of benzene rings is 5. The molecule has 5 aromatic carbocycles. The lowest BCUT2D eigenvalue weighted by atomic mass is 9.84. The molecule has 0 aliphatic heterocycles. The number of alkyl halides is 1. The van der Waals surface area contributed by atoms with Gasteiger partial charge in [0, 0.05) is 27.7 Å². The van der Waals surface area contributed by atoms with Crippen molar-refractivity contribution in [3.05, 3.63) is 156 Å². The molecule has 6 rings (SSSR count). The van der Waals surface area contributed by atoms with Crippen LogP contribution in [-0.4, -0.2) is 21.8 Å². The van der Waals surface area contributed by atoms with Crippen molar-refractivity contribution in [1.29, 1.82) is 0 Å². The standard InChI is InChI=1S/C40H35FINO4/c1-40(2,26-45-27-42)38-37(30-13-15-31(16-14-30)39(44)47-25-29-11-7-4-8-12-29)35-23-34(46-24-28-9-5-3-6-10-28)21-22-36(35)43(38)33-19-17-32(41)18-20-33/h3-23H,24-27H2,1-2H3. The molecule has 1 aromatic heterocycles. The molecule has 0 saturated carbocycles. The summed E-state index contributed by atoms with van der Waals surface area (Å²) in [5.74, 6) is 0.0420. The Hall–Kier alpha value is -4.47. The Morgan fingerprint density at radius 2 is 1.43 bits per heavy atom. The van der Waals surface area contributed by atoms with E-state index in [1.54, 1.807) is 24.3 Å². The number of aromatic nitrogens is 1. The minimum absolute atomic E-state index is 0.202. The van der Waals surface area contributed by atoms with Crippen LogP contribution in [0.25, 0.3) is 27.7 Å². The molecule has 7 heteroatoms. The van der Waals surface area contributed by atoms with Crippen LogP contribution in [0.1, 0.15) is 41.0 Å². The first-order chi connectivity index (χ1) is 22.8. The van der Waals surface area contributed by atoms with Crippen molar-refractivity contribution in [2.24, 2.45) is 0 Å². The van der Waals surface area contributed by atoms with E-state index in [0.717, 1.165) is 50.3 Å². The van der Waals surface area contributed by atoms with E-state index in [4.69, 9.17) is 14.2 Å². The molecule has 0 aliphatic carbocycles. The number of hydrogen-bond acceptors (Lipinski definition) is 4. The van der Waals surface area contributed by atoms with Crippen molar-refractivity contribution in [2.75, 3.05) is 11.2 Å². The molecule has 0 amide bonds. The van der Waals surface area contributed by atoms with E-state index in [9.17, 15) is 9.18 Å². The van der Waals surface area contributed by atoms with Gasteiger partial charge in [0.25, 0.3) is 0 Å². The van der Waals surface area contributed by atoms with Gasteiger partial charge in [0.15, 0.2) is 0 Å². The predicted molar refractivity (Wildman–Crippen MR) is 193 cm³/mol. The molecule has 0 radical (unpaired) electrons. The fourth-order valence-electron chi connectivity index (χ4n) is 5.83. The molecule has 0 N–H and O–H groups in total. The molecule has 238 valence electrons. The van der Waals surface area contributed by atoms with Gasteiger partial charge >= 0.3 is 5.97 Å². The van der Waals surface area contributed by atoms with E-state index in [2.05, 4.69) is 53.1 Å². The fourth-order valence-corrected chi connectivity index (χ4v) is 6.05. The van der Waals surface area contributed by atoms with E-state index in [1.165, 1.54) is 12.1 Å². The molecule has 0 unspecified atom stereocenters. The number of nitrogens with zero attached hydrogens (tertiary/aromatic N) is 1. The van der Waals surface area contributed by atoms with Gasteiger partial charge in [-0.2, -0.15) is 0 Å². The summed E-state index contributed by atoms with van der Waals surface area (Å²) in [6.45, 7) is 5.40. The number of hydrogen-bond donors (Lipinski definition) is 0. The molecule has 1 heterocycles. The Morgan fingerprint density at radius 1 is 0.787 bits per heavy atom.